The first-order valence-electron chi connectivity index (χ1n) is 9.48. The fraction of sp³-hybridized carbons (Fsp3) is 0.125. The molecule has 144 valence electrons. The molecule has 4 rings (SSSR count). The average Bonchev–Trinajstić information content (AvgIpc) is 2.76. The van der Waals surface area contributed by atoms with Crippen LogP contribution in [0.4, 0.5) is 0 Å². The first-order valence-corrected chi connectivity index (χ1v) is 9.48. The third kappa shape index (κ3) is 4.09. The maximum Gasteiger partial charge on any atom is 0.265 e. The number of carbonyl (C=O) groups excluding carboxylic acids is 1. The van der Waals surface area contributed by atoms with E-state index in [-0.39, 0.29) is 17.0 Å². The van der Waals surface area contributed by atoms with Gasteiger partial charge in [-0.3, -0.25) is 14.2 Å². The van der Waals surface area contributed by atoms with Crippen LogP contribution in [-0.4, -0.2) is 15.5 Å². The summed E-state index contributed by atoms with van der Waals surface area (Å²) in [6, 6.07) is 22.9. The summed E-state index contributed by atoms with van der Waals surface area (Å²) in [5.41, 5.74) is 3.45. The van der Waals surface area contributed by atoms with E-state index in [2.05, 4.69) is 10.3 Å². The van der Waals surface area contributed by atoms with E-state index < -0.39 is 0 Å². The number of nitrogens with one attached hydrogen (secondary N) is 1. The molecule has 0 saturated carbocycles. The van der Waals surface area contributed by atoms with Crippen LogP contribution in [-0.2, 0) is 13.1 Å². The van der Waals surface area contributed by atoms with Gasteiger partial charge in [-0.05, 0) is 36.2 Å². The standard InChI is InChI=1S/C24H21N3O2/c1-17-9-11-19(12-10-17)16-27-22-20(8-5-13-25-22)14-21(24(27)29)23(28)26-15-18-6-3-2-4-7-18/h2-14H,15-16H2,1H3,(H,26,28). The van der Waals surface area contributed by atoms with Crippen molar-refractivity contribution in [2.45, 2.75) is 20.0 Å². The highest BCUT2D eigenvalue weighted by atomic mass is 16.2. The lowest BCUT2D eigenvalue weighted by atomic mass is 10.1. The minimum absolute atomic E-state index is 0.119. The Bertz CT molecular complexity index is 1210. The van der Waals surface area contributed by atoms with E-state index in [9.17, 15) is 9.59 Å². The summed E-state index contributed by atoms with van der Waals surface area (Å²) in [6.07, 6.45) is 1.66. The summed E-state index contributed by atoms with van der Waals surface area (Å²) in [6.45, 7) is 2.74. The Balaban J connectivity index is 1.71. The van der Waals surface area contributed by atoms with Gasteiger partial charge in [-0.25, -0.2) is 4.98 Å². The van der Waals surface area contributed by atoms with E-state index in [1.165, 1.54) is 0 Å². The Kier molecular flexibility index (Phi) is 5.20. The van der Waals surface area contributed by atoms with Gasteiger partial charge in [0, 0.05) is 18.1 Å². The largest absolute Gasteiger partial charge is 0.348 e. The SMILES string of the molecule is Cc1ccc(Cn2c(=O)c(C(=O)NCc3ccccc3)cc3cccnc32)cc1. The molecule has 0 spiro atoms. The zero-order valence-corrected chi connectivity index (χ0v) is 16.1. The summed E-state index contributed by atoms with van der Waals surface area (Å²) < 4.78 is 1.57. The zero-order chi connectivity index (χ0) is 20.2. The Morgan fingerprint density at radius 1 is 0.966 bits per heavy atom. The molecule has 0 aliphatic heterocycles. The highest BCUT2D eigenvalue weighted by molar-refractivity contribution is 5.96. The molecule has 1 N–H and O–H groups in total. The van der Waals surface area contributed by atoms with Crippen LogP contribution >= 0.6 is 0 Å². The van der Waals surface area contributed by atoms with Crippen LogP contribution < -0.4 is 10.9 Å². The molecule has 0 unspecified atom stereocenters. The first kappa shape index (κ1) is 18.6. The Hall–Kier alpha value is -3.73. The topological polar surface area (TPSA) is 64.0 Å². The lowest BCUT2D eigenvalue weighted by Crippen LogP contribution is -2.33. The number of fused-ring (bicyclic) bond motifs is 1. The number of hydrogen-bond acceptors (Lipinski definition) is 3. The third-order valence-corrected chi connectivity index (χ3v) is 4.85. The van der Waals surface area contributed by atoms with Gasteiger partial charge in [-0.2, -0.15) is 0 Å². The van der Waals surface area contributed by atoms with E-state index in [1.54, 1.807) is 22.9 Å². The molecule has 29 heavy (non-hydrogen) atoms. The lowest BCUT2D eigenvalue weighted by molar-refractivity contribution is 0.0949. The van der Waals surface area contributed by atoms with Crippen molar-refractivity contribution in [3.05, 3.63) is 112 Å². The maximum atomic E-state index is 13.2. The normalized spacial score (nSPS) is 10.8. The van der Waals surface area contributed by atoms with Crippen molar-refractivity contribution in [1.29, 1.82) is 0 Å². The minimum Gasteiger partial charge on any atom is -0.348 e. The highest BCUT2D eigenvalue weighted by Crippen LogP contribution is 2.13. The molecule has 5 nitrogen and oxygen atoms in total. The molecule has 0 atom stereocenters. The van der Waals surface area contributed by atoms with E-state index >= 15 is 0 Å². The van der Waals surface area contributed by atoms with Crippen LogP contribution in [0.5, 0.6) is 0 Å². The number of hydrogen-bond donors (Lipinski definition) is 1. The van der Waals surface area contributed by atoms with Crippen molar-refractivity contribution in [2.75, 3.05) is 0 Å². The van der Waals surface area contributed by atoms with Gasteiger partial charge in [-0.15, -0.1) is 0 Å². The van der Waals surface area contributed by atoms with Gasteiger partial charge < -0.3 is 5.32 Å². The predicted molar refractivity (Wildman–Crippen MR) is 114 cm³/mol. The minimum atomic E-state index is -0.387. The predicted octanol–water partition coefficient (Wildman–Crippen LogP) is 3.68. The summed E-state index contributed by atoms with van der Waals surface area (Å²) in [7, 11) is 0. The first-order chi connectivity index (χ1) is 14.1. The fourth-order valence-corrected chi connectivity index (χ4v) is 3.27. The number of benzene rings is 2. The molecule has 0 radical (unpaired) electrons. The molecule has 2 aromatic heterocycles. The Labute approximate surface area is 168 Å². The van der Waals surface area contributed by atoms with Gasteiger partial charge in [0.1, 0.15) is 11.2 Å². The second kappa shape index (κ2) is 8.10. The summed E-state index contributed by atoms with van der Waals surface area (Å²) in [4.78, 5) is 30.3. The van der Waals surface area contributed by atoms with Crippen molar-refractivity contribution in [2.24, 2.45) is 0 Å². The van der Waals surface area contributed by atoms with E-state index in [1.807, 2.05) is 67.6 Å². The number of amides is 1. The lowest BCUT2D eigenvalue weighted by Gasteiger charge is -2.13. The molecule has 0 aliphatic rings. The smallest absolute Gasteiger partial charge is 0.265 e. The number of nitrogens with zero attached hydrogens (tertiary/aromatic N) is 2. The van der Waals surface area contributed by atoms with Crippen LogP contribution in [0.25, 0.3) is 11.0 Å². The number of aromatic nitrogens is 2. The fourth-order valence-electron chi connectivity index (χ4n) is 3.27. The molecular weight excluding hydrogens is 362 g/mol. The Morgan fingerprint density at radius 2 is 1.72 bits per heavy atom. The van der Waals surface area contributed by atoms with Gasteiger partial charge >= 0.3 is 0 Å². The molecule has 2 aromatic carbocycles. The van der Waals surface area contributed by atoms with Crippen LogP contribution in [0.15, 0.2) is 83.8 Å². The molecule has 4 aromatic rings. The average molecular weight is 383 g/mol. The van der Waals surface area contributed by atoms with Crippen molar-refractivity contribution in [3.8, 4) is 0 Å². The van der Waals surface area contributed by atoms with E-state index in [0.29, 0.717) is 18.7 Å². The van der Waals surface area contributed by atoms with Crippen molar-refractivity contribution in [3.63, 3.8) is 0 Å². The van der Waals surface area contributed by atoms with Gasteiger partial charge in [0.05, 0.1) is 6.54 Å². The van der Waals surface area contributed by atoms with Gasteiger partial charge in [0.15, 0.2) is 0 Å². The maximum absolute atomic E-state index is 13.2. The third-order valence-electron chi connectivity index (χ3n) is 4.85. The van der Waals surface area contributed by atoms with Gasteiger partial charge in [-0.1, -0.05) is 60.2 Å². The molecule has 5 heteroatoms. The molecule has 0 fully saturated rings. The highest BCUT2D eigenvalue weighted by Gasteiger charge is 2.16. The van der Waals surface area contributed by atoms with E-state index in [4.69, 9.17) is 0 Å². The number of pyridine rings is 2. The number of rotatable bonds is 5. The zero-order valence-electron chi connectivity index (χ0n) is 16.1. The Morgan fingerprint density at radius 3 is 2.48 bits per heavy atom. The van der Waals surface area contributed by atoms with Crippen molar-refractivity contribution < 1.29 is 4.79 Å². The quantitative estimate of drug-likeness (QED) is 0.572. The van der Waals surface area contributed by atoms with Gasteiger partial charge in [0.25, 0.3) is 11.5 Å². The second-order valence-corrected chi connectivity index (χ2v) is 7.02. The van der Waals surface area contributed by atoms with Crippen LogP contribution in [0.3, 0.4) is 0 Å². The number of carbonyl (C=O) groups is 1. The monoisotopic (exact) mass is 383 g/mol. The molecule has 2 heterocycles. The second-order valence-electron chi connectivity index (χ2n) is 7.02. The number of aryl methyl sites for hydroxylation is 1. The van der Waals surface area contributed by atoms with Crippen LogP contribution in [0, 0.1) is 6.92 Å². The van der Waals surface area contributed by atoms with Crippen LogP contribution in [0.1, 0.15) is 27.0 Å². The van der Waals surface area contributed by atoms with Gasteiger partial charge in [0.2, 0.25) is 0 Å². The molecule has 1 amide bonds. The molecule has 0 bridgehead atoms. The molecule has 0 saturated heterocycles. The summed E-state index contributed by atoms with van der Waals surface area (Å²) in [5, 5.41) is 3.60. The van der Waals surface area contributed by atoms with E-state index in [0.717, 1.165) is 22.1 Å². The molecular formula is C24H21N3O2. The molecule has 0 aliphatic carbocycles. The van der Waals surface area contributed by atoms with Crippen molar-refractivity contribution in [1.82, 2.24) is 14.9 Å². The van der Waals surface area contributed by atoms with Crippen molar-refractivity contribution >= 4 is 16.9 Å². The summed E-state index contributed by atoms with van der Waals surface area (Å²) >= 11 is 0. The van der Waals surface area contributed by atoms with Crippen LogP contribution in [0.2, 0.25) is 0 Å². The summed E-state index contributed by atoms with van der Waals surface area (Å²) in [5.74, 6) is -0.387.